The van der Waals surface area contributed by atoms with Crippen LogP contribution in [0, 0.1) is 0 Å². The molecule has 1 aliphatic heterocycles. The zero-order valence-corrected chi connectivity index (χ0v) is 13.7. The number of H-pyrrole nitrogens is 1. The number of carbonyl (C=O) groups excluding carboxylic acids is 2. The van der Waals surface area contributed by atoms with E-state index in [4.69, 9.17) is 0 Å². The Labute approximate surface area is 145 Å². The molecule has 3 aromatic rings. The van der Waals surface area contributed by atoms with Crippen LogP contribution in [0.25, 0.3) is 10.9 Å². The summed E-state index contributed by atoms with van der Waals surface area (Å²) in [5.41, 5.74) is 2.96. The summed E-state index contributed by atoms with van der Waals surface area (Å²) < 4.78 is 0. The fraction of sp³-hybridized carbons (Fsp3) is 0.200. The number of anilines is 1. The Morgan fingerprint density at radius 3 is 2.64 bits per heavy atom. The maximum absolute atomic E-state index is 12.6. The van der Waals surface area contributed by atoms with Crippen molar-refractivity contribution in [2.24, 2.45) is 0 Å². The first-order chi connectivity index (χ1) is 12.2. The van der Waals surface area contributed by atoms with Crippen molar-refractivity contribution in [3.05, 3.63) is 66.4 Å². The molecule has 2 amide bonds. The molecular formula is C20H19N3O2. The van der Waals surface area contributed by atoms with Gasteiger partial charge in [-0.15, -0.1) is 0 Å². The van der Waals surface area contributed by atoms with Crippen LogP contribution >= 0.6 is 0 Å². The molecule has 126 valence electrons. The average Bonchev–Trinajstić information content (AvgIpc) is 3.17. The first kappa shape index (κ1) is 15.6. The summed E-state index contributed by atoms with van der Waals surface area (Å²) in [6.45, 7) is 0.647. The molecule has 1 fully saturated rings. The first-order valence-electron chi connectivity index (χ1n) is 8.44. The topological polar surface area (TPSA) is 65.2 Å². The van der Waals surface area contributed by atoms with E-state index in [1.807, 2.05) is 42.6 Å². The van der Waals surface area contributed by atoms with E-state index in [0.29, 0.717) is 12.2 Å². The number of carbonyl (C=O) groups is 2. The molecule has 2 aromatic carbocycles. The molecule has 1 atom stereocenters. The van der Waals surface area contributed by atoms with Crippen LogP contribution in [-0.4, -0.2) is 29.4 Å². The van der Waals surface area contributed by atoms with Crippen LogP contribution in [0.15, 0.2) is 60.8 Å². The second-order valence-electron chi connectivity index (χ2n) is 6.22. The van der Waals surface area contributed by atoms with Gasteiger partial charge in [0, 0.05) is 23.6 Å². The van der Waals surface area contributed by atoms with Crippen LogP contribution in [-0.2, 0) is 16.0 Å². The SMILES string of the molecule is O=C1C[C@H](NCCc2c[nH]c3ccccc23)C(=O)N1c1ccccc1. The highest BCUT2D eigenvalue weighted by Gasteiger charge is 2.38. The highest BCUT2D eigenvalue weighted by molar-refractivity contribution is 6.22. The van der Waals surface area contributed by atoms with Gasteiger partial charge in [-0.3, -0.25) is 9.59 Å². The van der Waals surface area contributed by atoms with Crippen molar-refractivity contribution in [2.75, 3.05) is 11.4 Å². The van der Waals surface area contributed by atoms with Gasteiger partial charge in [-0.25, -0.2) is 4.90 Å². The monoisotopic (exact) mass is 333 g/mol. The van der Waals surface area contributed by atoms with Crippen LogP contribution in [0.1, 0.15) is 12.0 Å². The van der Waals surface area contributed by atoms with Crippen molar-refractivity contribution in [2.45, 2.75) is 18.9 Å². The Hall–Kier alpha value is -2.92. The summed E-state index contributed by atoms with van der Waals surface area (Å²) in [6.07, 6.45) is 3.01. The van der Waals surface area contributed by atoms with E-state index in [1.165, 1.54) is 15.8 Å². The molecule has 0 bridgehead atoms. The smallest absolute Gasteiger partial charge is 0.251 e. The van der Waals surface area contributed by atoms with E-state index in [0.717, 1.165) is 11.9 Å². The molecule has 1 aromatic heterocycles. The Morgan fingerprint density at radius 2 is 1.80 bits per heavy atom. The Morgan fingerprint density at radius 1 is 1.04 bits per heavy atom. The lowest BCUT2D eigenvalue weighted by Crippen LogP contribution is -2.39. The number of amides is 2. The summed E-state index contributed by atoms with van der Waals surface area (Å²) in [7, 11) is 0. The predicted octanol–water partition coefficient (Wildman–Crippen LogP) is 2.63. The van der Waals surface area contributed by atoms with Crippen molar-refractivity contribution in [1.29, 1.82) is 0 Å². The molecule has 5 nitrogen and oxygen atoms in total. The number of hydrogen-bond acceptors (Lipinski definition) is 3. The van der Waals surface area contributed by atoms with Gasteiger partial charge in [0.1, 0.15) is 0 Å². The van der Waals surface area contributed by atoms with E-state index >= 15 is 0 Å². The molecule has 5 heteroatoms. The fourth-order valence-electron chi connectivity index (χ4n) is 3.36. The molecule has 2 N–H and O–H groups in total. The molecule has 2 heterocycles. The first-order valence-corrected chi connectivity index (χ1v) is 8.44. The standard InChI is InChI=1S/C20H19N3O2/c24-19-12-18(20(25)23(19)15-6-2-1-3-7-15)21-11-10-14-13-22-17-9-5-4-8-16(14)17/h1-9,13,18,21-22H,10-12H2/t18-/m0/s1. The molecule has 0 spiro atoms. The maximum Gasteiger partial charge on any atom is 0.251 e. The van der Waals surface area contributed by atoms with Crippen molar-refractivity contribution < 1.29 is 9.59 Å². The molecule has 1 aliphatic rings. The van der Waals surface area contributed by atoms with E-state index < -0.39 is 6.04 Å². The lowest BCUT2D eigenvalue weighted by Gasteiger charge is -2.15. The molecule has 1 saturated heterocycles. The third-order valence-electron chi connectivity index (χ3n) is 4.62. The summed E-state index contributed by atoms with van der Waals surface area (Å²) in [5, 5.41) is 4.44. The molecule has 0 saturated carbocycles. The van der Waals surface area contributed by atoms with Crippen LogP contribution in [0.5, 0.6) is 0 Å². The van der Waals surface area contributed by atoms with E-state index in [-0.39, 0.29) is 18.2 Å². The van der Waals surface area contributed by atoms with Crippen molar-refractivity contribution in [3.8, 4) is 0 Å². The lowest BCUT2D eigenvalue weighted by molar-refractivity contribution is -0.121. The number of hydrogen-bond donors (Lipinski definition) is 2. The zero-order chi connectivity index (χ0) is 17.2. The van der Waals surface area contributed by atoms with Gasteiger partial charge < -0.3 is 10.3 Å². The summed E-state index contributed by atoms with van der Waals surface area (Å²) >= 11 is 0. The van der Waals surface area contributed by atoms with Gasteiger partial charge >= 0.3 is 0 Å². The van der Waals surface area contributed by atoms with Crippen LogP contribution < -0.4 is 10.2 Å². The molecule has 0 unspecified atom stereocenters. The third-order valence-corrected chi connectivity index (χ3v) is 4.62. The number of benzene rings is 2. The average molecular weight is 333 g/mol. The summed E-state index contributed by atoms with van der Waals surface area (Å²) in [5.74, 6) is -0.323. The number of aromatic nitrogens is 1. The maximum atomic E-state index is 12.6. The normalized spacial score (nSPS) is 17.6. The lowest BCUT2D eigenvalue weighted by atomic mass is 10.1. The molecule has 25 heavy (non-hydrogen) atoms. The highest BCUT2D eigenvalue weighted by Crippen LogP contribution is 2.22. The fourth-order valence-corrected chi connectivity index (χ4v) is 3.36. The number of fused-ring (bicyclic) bond motifs is 1. The molecular weight excluding hydrogens is 314 g/mol. The highest BCUT2D eigenvalue weighted by atomic mass is 16.2. The van der Waals surface area contributed by atoms with Gasteiger partial charge in [0.25, 0.3) is 5.91 Å². The minimum atomic E-state index is -0.446. The second kappa shape index (κ2) is 6.53. The van der Waals surface area contributed by atoms with Crippen molar-refractivity contribution in [1.82, 2.24) is 10.3 Å². The van der Waals surface area contributed by atoms with Crippen LogP contribution in [0.2, 0.25) is 0 Å². The van der Waals surface area contributed by atoms with Crippen molar-refractivity contribution >= 4 is 28.4 Å². The Kier molecular flexibility index (Phi) is 4.07. The van der Waals surface area contributed by atoms with E-state index in [1.54, 1.807) is 12.1 Å². The molecule has 4 rings (SSSR count). The quantitative estimate of drug-likeness (QED) is 0.706. The number of rotatable bonds is 5. The zero-order valence-electron chi connectivity index (χ0n) is 13.7. The minimum absolute atomic E-state index is 0.152. The number of para-hydroxylation sites is 2. The minimum Gasteiger partial charge on any atom is -0.361 e. The summed E-state index contributed by atoms with van der Waals surface area (Å²) in [6, 6.07) is 16.8. The Balaban J connectivity index is 1.40. The number of nitrogens with zero attached hydrogens (tertiary/aromatic N) is 1. The predicted molar refractivity (Wildman–Crippen MR) is 97.3 cm³/mol. The summed E-state index contributed by atoms with van der Waals surface area (Å²) in [4.78, 5) is 29.3. The second-order valence-corrected chi connectivity index (χ2v) is 6.22. The van der Waals surface area contributed by atoms with Crippen LogP contribution in [0.3, 0.4) is 0 Å². The van der Waals surface area contributed by atoms with E-state index in [9.17, 15) is 9.59 Å². The van der Waals surface area contributed by atoms with Crippen LogP contribution in [0.4, 0.5) is 5.69 Å². The largest absolute Gasteiger partial charge is 0.361 e. The van der Waals surface area contributed by atoms with Gasteiger partial charge in [-0.1, -0.05) is 36.4 Å². The van der Waals surface area contributed by atoms with Gasteiger partial charge in [0.15, 0.2) is 0 Å². The van der Waals surface area contributed by atoms with Gasteiger partial charge in [0.2, 0.25) is 5.91 Å². The number of aromatic amines is 1. The number of nitrogens with one attached hydrogen (secondary N) is 2. The van der Waals surface area contributed by atoms with Gasteiger partial charge in [-0.2, -0.15) is 0 Å². The molecule has 0 aliphatic carbocycles. The van der Waals surface area contributed by atoms with Gasteiger partial charge in [0.05, 0.1) is 18.2 Å². The van der Waals surface area contributed by atoms with E-state index in [2.05, 4.69) is 16.4 Å². The molecule has 0 radical (unpaired) electrons. The van der Waals surface area contributed by atoms with Crippen molar-refractivity contribution in [3.63, 3.8) is 0 Å². The number of imide groups is 1. The third kappa shape index (κ3) is 2.94. The Bertz CT molecular complexity index is 917. The van der Waals surface area contributed by atoms with Gasteiger partial charge in [-0.05, 0) is 30.2 Å².